The Balaban J connectivity index is 1.51. The normalized spacial score (nSPS) is 12.2. The number of hydrogen-bond acceptors (Lipinski definition) is 3. The van der Waals surface area contributed by atoms with E-state index >= 15 is 0 Å². The van der Waals surface area contributed by atoms with Crippen molar-refractivity contribution in [3.8, 4) is 0 Å². The van der Waals surface area contributed by atoms with Crippen molar-refractivity contribution in [2.45, 2.75) is 18.8 Å². The van der Waals surface area contributed by atoms with E-state index in [0.717, 1.165) is 12.1 Å². The maximum absolute atomic E-state index is 12.7. The molecule has 3 heterocycles. The average molecular weight is 390 g/mol. The summed E-state index contributed by atoms with van der Waals surface area (Å²) >= 11 is 1.67. The number of para-hydroxylation sites is 1. The van der Waals surface area contributed by atoms with Gasteiger partial charge >= 0.3 is 0 Å². The Hall–Kier alpha value is -2.92. The van der Waals surface area contributed by atoms with Crippen LogP contribution in [0.2, 0.25) is 0 Å². The van der Waals surface area contributed by atoms with Crippen LogP contribution in [-0.4, -0.2) is 22.0 Å². The monoisotopic (exact) mass is 389 g/mol. The summed E-state index contributed by atoms with van der Waals surface area (Å²) in [6.45, 7) is 0.599. The van der Waals surface area contributed by atoms with Gasteiger partial charge in [0.15, 0.2) is 0 Å². The molecule has 0 radical (unpaired) electrons. The predicted molar refractivity (Wildman–Crippen MR) is 115 cm³/mol. The fourth-order valence-corrected chi connectivity index (χ4v) is 4.38. The highest BCUT2D eigenvalue weighted by atomic mass is 32.1. The van der Waals surface area contributed by atoms with Crippen LogP contribution in [0.3, 0.4) is 0 Å². The zero-order chi connectivity index (χ0) is 19.3. The Morgan fingerprint density at radius 3 is 2.82 bits per heavy atom. The molecule has 0 fully saturated rings. The molecule has 4 aromatic rings. The third kappa shape index (κ3) is 3.99. The van der Waals surface area contributed by atoms with Crippen LogP contribution in [0, 0.1) is 0 Å². The molecule has 3 aromatic heterocycles. The third-order valence-electron chi connectivity index (χ3n) is 5.07. The minimum Gasteiger partial charge on any atom is -0.356 e. The molecule has 1 unspecified atom stereocenters. The highest BCUT2D eigenvalue weighted by molar-refractivity contribution is 7.08. The van der Waals surface area contributed by atoms with Gasteiger partial charge in [0, 0.05) is 61.3 Å². The van der Waals surface area contributed by atoms with Gasteiger partial charge in [0.05, 0.1) is 0 Å². The molecule has 0 aliphatic carbocycles. The van der Waals surface area contributed by atoms with E-state index in [2.05, 4.69) is 69.2 Å². The minimum atomic E-state index is 0.0483. The molecule has 0 spiro atoms. The summed E-state index contributed by atoms with van der Waals surface area (Å²) in [6, 6.07) is 16.3. The molecule has 1 amide bonds. The van der Waals surface area contributed by atoms with E-state index in [9.17, 15) is 4.79 Å². The molecule has 28 heavy (non-hydrogen) atoms. The van der Waals surface area contributed by atoms with E-state index in [0.29, 0.717) is 13.0 Å². The lowest BCUT2D eigenvalue weighted by Crippen LogP contribution is -2.27. The van der Waals surface area contributed by atoms with Gasteiger partial charge in [-0.15, -0.1) is 0 Å². The van der Waals surface area contributed by atoms with Crippen LogP contribution in [0.5, 0.6) is 0 Å². The highest BCUT2D eigenvalue weighted by Gasteiger charge is 2.22. The summed E-state index contributed by atoms with van der Waals surface area (Å²) < 4.78 is 2.14. The Labute approximate surface area is 168 Å². The van der Waals surface area contributed by atoms with Gasteiger partial charge in [0.2, 0.25) is 5.91 Å². The van der Waals surface area contributed by atoms with Crippen LogP contribution >= 0.6 is 11.3 Å². The second kappa shape index (κ2) is 8.40. The number of benzene rings is 1. The number of carbonyl (C=O) groups excluding carboxylic acids is 1. The Morgan fingerprint density at radius 1 is 1.18 bits per heavy atom. The maximum Gasteiger partial charge on any atom is 0.220 e. The first-order chi connectivity index (χ1) is 13.7. The SMILES string of the molecule is Cn1cc(C(CC(=O)NCCc2ccccn2)c2ccsc2)c2ccccc21. The highest BCUT2D eigenvalue weighted by Crippen LogP contribution is 2.35. The smallest absolute Gasteiger partial charge is 0.220 e. The van der Waals surface area contributed by atoms with Gasteiger partial charge in [-0.3, -0.25) is 9.78 Å². The summed E-state index contributed by atoms with van der Waals surface area (Å²) in [5.74, 6) is 0.118. The quantitative estimate of drug-likeness (QED) is 0.505. The number of rotatable bonds is 7. The van der Waals surface area contributed by atoms with Crippen LogP contribution in [-0.2, 0) is 18.3 Å². The summed E-state index contributed by atoms with van der Waals surface area (Å²) in [7, 11) is 2.06. The number of pyridine rings is 1. The molecule has 1 aromatic carbocycles. The Bertz CT molecular complexity index is 1050. The van der Waals surface area contributed by atoms with E-state index in [-0.39, 0.29) is 11.8 Å². The second-order valence-corrected chi connectivity index (χ2v) is 7.73. The van der Waals surface area contributed by atoms with E-state index < -0.39 is 0 Å². The van der Waals surface area contributed by atoms with Crippen molar-refractivity contribution in [1.29, 1.82) is 0 Å². The number of amides is 1. The maximum atomic E-state index is 12.7. The second-order valence-electron chi connectivity index (χ2n) is 6.95. The molecule has 5 heteroatoms. The van der Waals surface area contributed by atoms with Gasteiger partial charge in [-0.25, -0.2) is 0 Å². The van der Waals surface area contributed by atoms with E-state index in [1.165, 1.54) is 22.0 Å². The lowest BCUT2D eigenvalue weighted by atomic mass is 9.89. The average Bonchev–Trinajstić information content (AvgIpc) is 3.36. The van der Waals surface area contributed by atoms with Crippen LogP contribution in [0.25, 0.3) is 10.9 Å². The standard InChI is InChI=1S/C23H23N3OS/c1-26-15-21(19-7-2-3-8-22(19)26)20(17-10-13-28-16-17)14-23(27)25-12-9-18-6-4-5-11-24-18/h2-8,10-11,13,15-16,20H,9,12,14H2,1H3,(H,25,27). The fourth-order valence-electron chi connectivity index (χ4n) is 3.66. The number of nitrogens with one attached hydrogen (secondary N) is 1. The zero-order valence-electron chi connectivity index (χ0n) is 15.8. The first-order valence-corrected chi connectivity index (χ1v) is 10.4. The first-order valence-electron chi connectivity index (χ1n) is 9.45. The van der Waals surface area contributed by atoms with Crippen molar-refractivity contribution in [3.63, 3.8) is 0 Å². The minimum absolute atomic E-state index is 0.0483. The Morgan fingerprint density at radius 2 is 2.04 bits per heavy atom. The molecule has 142 valence electrons. The number of hydrogen-bond donors (Lipinski definition) is 1. The molecule has 1 atom stereocenters. The number of aryl methyl sites for hydroxylation is 1. The van der Waals surface area contributed by atoms with Crippen LogP contribution in [0.15, 0.2) is 71.7 Å². The van der Waals surface area contributed by atoms with Crippen molar-refractivity contribution in [2.24, 2.45) is 7.05 Å². The van der Waals surface area contributed by atoms with Gasteiger partial charge < -0.3 is 9.88 Å². The molecule has 1 N–H and O–H groups in total. The molecule has 4 nitrogen and oxygen atoms in total. The number of nitrogens with zero attached hydrogens (tertiary/aromatic N) is 2. The third-order valence-corrected chi connectivity index (χ3v) is 5.77. The van der Waals surface area contributed by atoms with Gasteiger partial charge in [-0.2, -0.15) is 11.3 Å². The molecule has 4 rings (SSSR count). The lowest BCUT2D eigenvalue weighted by molar-refractivity contribution is -0.121. The summed E-state index contributed by atoms with van der Waals surface area (Å²) in [4.78, 5) is 17.0. The molecular formula is C23H23N3OS. The molecule has 0 saturated heterocycles. The van der Waals surface area contributed by atoms with Crippen molar-refractivity contribution in [1.82, 2.24) is 14.9 Å². The fraction of sp³-hybridized carbons (Fsp3) is 0.217. The lowest BCUT2D eigenvalue weighted by Gasteiger charge is -2.16. The zero-order valence-corrected chi connectivity index (χ0v) is 16.7. The van der Waals surface area contributed by atoms with Crippen molar-refractivity contribution < 1.29 is 4.79 Å². The predicted octanol–water partition coefficient (Wildman–Crippen LogP) is 4.52. The summed E-state index contributed by atoms with van der Waals surface area (Å²) in [6.07, 6.45) is 5.12. The van der Waals surface area contributed by atoms with Crippen LogP contribution in [0.1, 0.15) is 29.2 Å². The number of aromatic nitrogens is 2. The molecule has 0 aliphatic heterocycles. The van der Waals surface area contributed by atoms with E-state index in [1.54, 1.807) is 17.5 Å². The van der Waals surface area contributed by atoms with Crippen molar-refractivity contribution in [3.05, 3.63) is 88.5 Å². The van der Waals surface area contributed by atoms with Crippen LogP contribution < -0.4 is 5.32 Å². The Kier molecular flexibility index (Phi) is 5.53. The van der Waals surface area contributed by atoms with Crippen molar-refractivity contribution in [2.75, 3.05) is 6.54 Å². The van der Waals surface area contributed by atoms with Crippen molar-refractivity contribution >= 4 is 28.1 Å². The van der Waals surface area contributed by atoms with E-state index in [4.69, 9.17) is 0 Å². The first kappa shape index (κ1) is 18.4. The van der Waals surface area contributed by atoms with Crippen LogP contribution in [0.4, 0.5) is 0 Å². The molecular weight excluding hydrogens is 366 g/mol. The largest absolute Gasteiger partial charge is 0.356 e. The molecule has 0 bridgehead atoms. The molecule has 0 aliphatic rings. The number of thiophene rings is 1. The van der Waals surface area contributed by atoms with Gasteiger partial charge in [-0.05, 0) is 46.2 Å². The number of carbonyl (C=O) groups is 1. The van der Waals surface area contributed by atoms with E-state index in [1.807, 2.05) is 18.2 Å². The summed E-state index contributed by atoms with van der Waals surface area (Å²) in [5.41, 5.74) is 4.58. The number of fused-ring (bicyclic) bond motifs is 1. The molecule has 0 saturated carbocycles. The van der Waals surface area contributed by atoms with Gasteiger partial charge in [0.1, 0.15) is 0 Å². The summed E-state index contributed by atoms with van der Waals surface area (Å²) in [5, 5.41) is 8.50. The van der Waals surface area contributed by atoms with Gasteiger partial charge in [0.25, 0.3) is 0 Å². The topological polar surface area (TPSA) is 46.9 Å². The van der Waals surface area contributed by atoms with Gasteiger partial charge in [-0.1, -0.05) is 24.3 Å².